The van der Waals surface area contributed by atoms with Gasteiger partial charge in [-0.3, -0.25) is 4.79 Å². The number of carboxylic acids is 1. The summed E-state index contributed by atoms with van der Waals surface area (Å²) in [6.45, 7) is 2.00. The second-order valence-corrected chi connectivity index (χ2v) is 5.27. The van der Waals surface area contributed by atoms with Crippen LogP contribution in [0.2, 0.25) is 0 Å². The fourth-order valence-corrected chi connectivity index (χ4v) is 2.96. The number of aromatic nitrogens is 4. The van der Waals surface area contributed by atoms with Crippen LogP contribution in [0.3, 0.4) is 0 Å². The molecule has 0 aliphatic carbocycles. The Balaban J connectivity index is 2.09. The lowest BCUT2D eigenvalue weighted by Crippen LogP contribution is -2.19. The van der Waals surface area contributed by atoms with Gasteiger partial charge in [-0.25, -0.2) is 4.68 Å². The van der Waals surface area contributed by atoms with Gasteiger partial charge in [-0.2, -0.15) is 11.8 Å². The highest BCUT2D eigenvalue weighted by Gasteiger charge is 2.25. The summed E-state index contributed by atoms with van der Waals surface area (Å²) >= 11 is 1.84. The molecule has 6 nitrogen and oxygen atoms in total. The van der Waals surface area contributed by atoms with Crippen molar-refractivity contribution in [3.63, 3.8) is 0 Å². The van der Waals surface area contributed by atoms with E-state index >= 15 is 0 Å². The highest BCUT2D eigenvalue weighted by atomic mass is 32.2. The molecule has 1 N–H and O–H groups in total. The molecule has 16 heavy (non-hydrogen) atoms. The van der Waals surface area contributed by atoms with Crippen molar-refractivity contribution in [2.24, 2.45) is 5.92 Å². The number of hydrogen-bond donors (Lipinski definition) is 1. The first kappa shape index (κ1) is 11.4. The summed E-state index contributed by atoms with van der Waals surface area (Å²) in [4.78, 5) is 10.8. The number of rotatable bonds is 4. The van der Waals surface area contributed by atoms with E-state index < -0.39 is 11.9 Å². The number of hydrogen-bond acceptors (Lipinski definition) is 5. The number of thioether (sulfide) groups is 1. The second kappa shape index (κ2) is 4.82. The summed E-state index contributed by atoms with van der Waals surface area (Å²) in [6.07, 6.45) is 2.25. The molecular weight excluding hydrogens is 228 g/mol. The summed E-state index contributed by atoms with van der Waals surface area (Å²) < 4.78 is 1.63. The number of aliphatic carboxylic acids is 1. The topological polar surface area (TPSA) is 80.9 Å². The summed E-state index contributed by atoms with van der Waals surface area (Å²) in [6, 6.07) is 0. The maximum atomic E-state index is 10.8. The van der Waals surface area contributed by atoms with Crippen LogP contribution in [0.15, 0.2) is 0 Å². The summed E-state index contributed by atoms with van der Waals surface area (Å²) in [5.74, 6) is 0.663. The van der Waals surface area contributed by atoms with Crippen molar-refractivity contribution in [1.82, 2.24) is 20.2 Å². The van der Waals surface area contributed by atoms with Crippen molar-refractivity contribution < 1.29 is 9.90 Å². The van der Waals surface area contributed by atoms with E-state index in [1.54, 1.807) is 11.6 Å². The molecule has 0 aromatic carbocycles. The van der Waals surface area contributed by atoms with Crippen molar-refractivity contribution >= 4 is 17.7 Å². The van der Waals surface area contributed by atoms with Gasteiger partial charge in [-0.15, -0.1) is 5.10 Å². The fourth-order valence-electron chi connectivity index (χ4n) is 1.69. The molecule has 2 heterocycles. The molecule has 1 aromatic heterocycles. The van der Waals surface area contributed by atoms with Gasteiger partial charge in [0.05, 0.1) is 17.7 Å². The van der Waals surface area contributed by atoms with Crippen molar-refractivity contribution in [2.75, 3.05) is 5.75 Å². The van der Waals surface area contributed by atoms with Crippen LogP contribution in [-0.2, 0) is 11.3 Å². The van der Waals surface area contributed by atoms with Gasteiger partial charge in [-0.05, 0) is 29.0 Å². The van der Waals surface area contributed by atoms with E-state index in [0.29, 0.717) is 11.8 Å². The molecular formula is C9H14N4O2S. The van der Waals surface area contributed by atoms with E-state index in [2.05, 4.69) is 15.5 Å². The van der Waals surface area contributed by atoms with Crippen molar-refractivity contribution in [1.29, 1.82) is 0 Å². The molecule has 88 valence electrons. The van der Waals surface area contributed by atoms with Gasteiger partial charge in [0.2, 0.25) is 0 Å². The van der Waals surface area contributed by atoms with Crippen molar-refractivity contribution in [3.8, 4) is 0 Å². The average Bonchev–Trinajstić information content (AvgIpc) is 2.85. The third-order valence-corrected chi connectivity index (χ3v) is 4.02. The minimum atomic E-state index is -0.819. The van der Waals surface area contributed by atoms with Gasteiger partial charge in [-0.1, -0.05) is 6.92 Å². The Morgan fingerprint density at radius 2 is 2.56 bits per heavy atom. The quantitative estimate of drug-likeness (QED) is 0.847. The monoisotopic (exact) mass is 242 g/mol. The first-order chi connectivity index (χ1) is 7.68. The Bertz CT molecular complexity index is 375. The lowest BCUT2D eigenvalue weighted by Gasteiger charge is -2.10. The van der Waals surface area contributed by atoms with Crippen LogP contribution in [0, 0.1) is 5.92 Å². The van der Waals surface area contributed by atoms with E-state index in [1.807, 2.05) is 11.8 Å². The van der Waals surface area contributed by atoms with Crippen molar-refractivity contribution in [2.45, 2.75) is 31.6 Å². The molecule has 0 saturated carbocycles. The van der Waals surface area contributed by atoms with E-state index in [9.17, 15) is 4.79 Å². The molecule has 1 saturated heterocycles. The smallest absolute Gasteiger partial charge is 0.308 e. The molecule has 2 unspecified atom stereocenters. The molecule has 2 atom stereocenters. The van der Waals surface area contributed by atoms with Crippen LogP contribution in [0.1, 0.15) is 30.8 Å². The molecule has 1 aliphatic heterocycles. The Morgan fingerprint density at radius 3 is 3.19 bits per heavy atom. The maximum Gasteiger partial charge on any atom is 0.308 e. The first-order valence-corrected chi connectivity index (χ1v) is 6.34. The molecule has 0 amide bonds. The van der Waals surface area contributed by atoms with Gasteiger partial charge in [0.25, 0.3) is 0 Å². The maximum absolute atomic E-state index is 10.8. The molecule has 0 bridgehead atoms. The van der Waals surface area contributed by atoms with Gasteiger partial charge < -0.3 is 5.11 Å². The Labute approximate surface area is 97.4 Å². The summed E-state index contributed by atoms with van der Waals surface area (Å²) in [7, 11) is 0. The first-order valence-electron chi connectivity index (χ1n) is 5.29. The lowest BCUT2D eigenvalue weighted by molar-refractivity contribution is -0.141. The molecule has 1 aromatic rings. The predicted octanol–water partition coefficient (Wildman–Crippen LogP) is 0.962. The number of carboxylic acid groups (broad SMARTS) is 1. The number of carbonyl (C=O) groups is 1. The summed E-state index contributed by atoms with van der Waals surface area (Å²) in [5.41, 5.74) is 0. The zero-order valence-corrected chi connectivity index (χ0v) is 9.85. The van der Waals surface area contributed by atoms with Crippen LogP contribution >= 0.6 is 11.8 Å². The van der Waals surface area contributed by atoms with Crippen LogP contribution in [-0.4, -0.2) is 37.0 Å². The Morgan fingerprint density at radius 1 is 1.75 bits per heavy atom. The van der Waals surface area contributed by atoms with Gasteiger partial charge in [0.15, 0.2) is 5.82 Å². The molecule has 1 fully saturated rings. The van der Waals surface area contributed by atoms with Gasteiger partial charge in [0.1, 0.15) is 0 Å². The highest BCUT2D eigenvalue weighted by molar-refractivity contribution is 7.99. The van der Waals surface area contributed by atoms with Gasteiger partial charge >= 0.3 is 5.97 Å². The molecule has 2 rings (SSSR count). The average molecular weight is 242 g/mol. The second-order valence-electron chi connectivity index (χ2n) is 3.96. The van der Waals surface area contributed by atoms with E-state index in [1.165, 1.54) is 6.42 Å². The minimum absolute atomic E-state index is 0.330. The summed E-state index contributed by atoms with van der Waals surface area (Å²) in [5, 5.41) is 20.7. The largest absolute Gasteiger partial charge is 0.481 e. The molecule has 7 heteroatoms. The SMILES string of the molecule is CC(Cn1nnnc1C1CCCS1)C(=O)O. The highest BCUT2D eigenvalue weighted by Crippen LogP contribution is 2.38. The normalized spacial score (nSPS) is 22.2. The van der Waals surface area contributed by atoms with Crippen LogP contribution in [0.5, 0.6) is 0 Å². The predicted molar refractivity (Wildman–Crippen MR) is 59.0 cm³/mol. The zero-order valence-electron chi connectivity index (χ0n) is 9.04. The Hall–Kier alpha value is -1.11. The van der Waals surface area contributed by atoms with E-state index in [4.69, 9.17) is 5.11 Å². The van der Waals surface area contributed by atoms with Gasteiger partial charge in [0, 0.05) is 0 Å². The standard InChI is InChI=1S/C9H14N4O2S/c1-6(9(14)15)5-13-8(10-11-12-13)7-3-2-4-16-7/h6-7H,2-5H2,1H3,(H,14,15). The van der Waals surface area contributed by atoms with E-state index in [0.717, 1.165) is 18.0 Å². The van der Waals surface area contributed by atoms with Crippen LogP contribution < -0.4 is 0 Å². The molecule has 0 radical (unpaired) electrons. The zero-order chi connectivity index (χ0) is 11.5. The minimum Gasteiger partial charge on any atom is -0.481 e. The fraction of sp³-hybridized carbons (Fsp3) is 0.778. The van der Waals surface area contributed by atoms with E-state index in [-0.39, 0.29) is 0 Å². The van der Waals surface area contributed by atoms with Crippen LogP contribution in [0.25, 0.3) is 0 Å². The van der Waals surface area contributed by atoms with Crippen LogP contribution in [0.4, 0.5) is 0 Å². The number of nitrogens with zero attached hydrogens (tertiary/aromatic N) is 4. The third-order valence-electron chi connectivity index (χ3n) is 2.65. The third kappa shape index (κ3) is 2.34. The molecule has 1 aliphatic rings. The Kier molecular flexibility index (Phi) is 3.42. The molecule has 0 spiro atoms. The lowest BCUT2D eigenvalue weighted by atomic mass is 10.2. The van der Waals surface area contributed by atoms with Crippen molar-refractivity contribution in [3.05, 3.63) is 5.82 Å². The number of tetrazole rings is 1.